The Morgan fingerprint density at radius 1 is 1.38 bits per heavy atom. The van der Waals surface area contributed by atoms with Gasteiger partial charge in [0.15, 0.2) is 0 Å². The van der Waals surface area contributed by atoms with Gasteiger partial charge in [-0.25, -0.2) is 4.79 Å². The van der Waals surface area contributed by atoms with Crippen molar-refractivity contribution < 1.29 is 18.3 Å². The molecule has 1 aromatic carbocycles. The lowest BCUT2D eigenvalue weighted by Crippen LogP contribution is -2.44. The molecule has 6 nitrogen and oxygen atoms in total. The molecule has 2 rings (SSSR count). The Labute approximate surface area is 125 Å². The molecule has 21 heavy (non-hydrogen) atoms. The number of hydrogen-bond donors (Lipinski definition) is 2. The third kappa shape index (κ3) is 3.54. The Bertz CT molecular complexity index is 642. The molecule has 1 atom stereocenters. The molecule has 1 aromatic rings. The van der Waals surface area contributed by atoms with E-state index in [-0.39, 0.29) is 11.6 Å². The van der Waals surface area contributed by atoms with Crippen molar-refractivity contribution in [2.45, 2.75) is 39.2 Å². The average Bonchev–Trinajstić information content (AvgIpc) is 2.38. The summed E-state index contributed by atoms with van der Waals surface area (Å²) in [5, 5.41) is 8.98. The van der Waals surface area contributed by atoms with E-state index in [4.69, 9.17) is 5.11 Å². The van der Waals surface area contributed by atoms with Gasteiger partial charge in [-0.15, -0.1) is 0 Å². The van der Waals surface area contributed by atoms with Gasteiger partial charge in [0.25, 0.3) is 0 Å². The third-order valence-electron chi connectivity index (χ3n) is 3.75. The van der Waals surface area contributed by atoms with Crippen molar-refractivity contribution in [3.63, 3.8) is 0 Å². The highest BCUT2D eigenvalue weighted by atomic mass is 32.2. The molecule has 0 saturated carbocycles. The summed E-state index contributed by atoms with van der Waals surface area (Å²) in [6, 6.07) is 4.41. The summed E-state index contributed by atoms with van der Waals surface area (Å²) in [6.07, 6.45) is 2.76. The van der Waals surface area contributed by atoms with E-state index in [1.807, 2.05) is 6.92 Å². The van der Waals surface area contributed by atoms with Crippen LogP contribution in [0.1, 0.15) is 42.1 Å². The standard InChI is InChI=1S/C14H20N2O4S/c1-10-9-12(6-7-13(10)14(17)18)15-21(19,20)16-8-4-3-5-11(16)2/h6-7,9,11,15H,3-5,8H2,1-2H3,(H,17,18). The highest BCUT2D eigenvalue weighted by Crippen LogP contribution is 2.23. The van der Waals surface area contributed by atoms with Gasteiger partial charge in [-0.1, -0.05) is 6.42 Å². The third-order valence-corrected chi connectivity index (χ3v) is 5.41. The molecular formula is C14H20N2O4S. The molecule has 2 N–H and O–H groups in total. The first-order chi connectivity index (χ1) is 9.81. The summed E-state index contributed by atoms with van der Waals surface area (Å²) in [6.45, 7) is 4.06. The molecule has 0 amide bonds. The molecule has 116 valence electrons. The van der Waals surface area contributed by atoms with E-state index in [1.165, 1.54) is 22.5 Å². The number of benzene rings is 1. The minimum Gasteiger partial charge on any atom is -0.478 e. The zero-order chi connectivity index (χ0) is 15.6. The molecule has 0 aromatic heterocycles. The first kappa shape index (κ1) is 15.8. The van der Waals surface area contributed by atoms with E-state index >= 15 is 0 Å². The number of hydrogen-bond acceptors (Lipinski definition) is 3. The predicted octanol–water partition coefficient (Wildman–Crippen LogP) is 2.22. The molecule has 0 radical (unpaired) electrons. The lowest BCUT2D eigenvalue weighted by Gasteiger charge is -2.32. The lowest BCUT2D eigenvalue weighted by molar-refractivity contribution is 0.0696. The van der Waals surface area contributed by atoms with E-state index < -0.39 is 16.2 Å². The molecule has 1 unspecified atom stereocenters. The number of carboxylic acids is 1. The summed E-state index contributed by atoms with van der Waals surface area (Å²) in [7, 11) is -3.60. The van der Waals surface area contributed by atoms with Crippen LogP contribution in [0.25, 0.3) is 0 Å². The number of aryl methyl sites for hydroxylation is 1. The van der Waals surface area contributed by atoms with Crippen LogP contribution in [0.5, 0.6) is 0 Å². The fourth-order valence-electron chi connectivity index (χ4n) is 2.60. The summed E-state index contributed by atoms with van der Waals surface area (Å²) in [5.41, 5.74) is 1.08. The van der Waals surface area contributed by atoms with Crippen molar-refractivity contribution in [2.75, 3.05) is 11.3 Å². The van der Waals surface area contributed by atoms with Crippen LogP contribution < -0.4 is 4.72 Å². The van der Waals surface area contributed by atoms with E-state index in [9.17, 15) is 13.2 Å². The van der Waals surface area contributed by atoms with Gasteiger partial charge in [-0.2, -0.15) is 12.7 Å². The Kier molecular flexibility index (Phi) is 4.53. The molecule has 0 aliphatic carbocycles. The minimum absolute atomic E-state index is 0.0179. The first-order valence-corrected chi connectivity index (χ1v) is 8.39. The number of anilines is 1. The highest BCUT2D eigenvalue weighted by Gasteiger charge is 2.29. The van der Waals surface area contributed by atoms with Crippen molar-refractivity contribution in [3.05, 3.63) is 29.3 Å². The van der Waals surface area contributed by atoms with E-state index in [1.54, 1.807) is 6.92 Å². The number of nitrogens with one attached hydrogen (secondary N) is 1. The van der Waals surface area contributed by atoms with Crippen molar-refractivity contribution >= 4 is 21.9 Å². The highest BCUT2D eigenvalue weighted by molar-refractivity contribution is 7.90. The van der Waals surface area contributed by atoms with Crippen LogP contribution in [-0.4, -0.2) is 36.4 Å². The zero-order valence-electron chi connectivity index (χ0n) is 12.2. The van der Waals surface area contributed by atoms with Gasteiger partial charge in [0, 0.05) is 12.6 Å². The van der Waals surface area contributed by atoms with Gasteiger partial charge < -0.3 is 5.11 Å². The molecule has 1 heterocycles. The Hall–Kier alpha value is -1.60. The van der Waals surface area contributed by atoms with E-state index in [0.717, 1.165) is 19.3 Å². The zero-order valence-corrected chi connectivity index (χ0v) is 13.0. The molecule has 1 fully saturated rings. The molecule has 1 aliphatic heterocycles. The van der Waals surface area contributed by atoms with Gasteiger partial charge in [-0.3, -0.25) is 4.72 Å². The normalized spacial score (nSPS) is 20.2. The molecular weight excluding hydrogens is 292 g/mol. The smallest absolute Gasteiger partial charge is 0.335 e. The van der Waals surface area contributed by atoms with E-state index in [0.29, 0.717) is 17.8 Å². The van der Waals surface area contributed by atoms with Crippen LogP contribution in [0.3, 0.4) is 0 Å². The number of carbonyl (C=O) groups is 1. The maximum atomic E-state index is 12.4. The van der Waals surface area contributed by atoms with Crippen LogP contribution in [0.15, 0.2) is 18.2 Å². The number of piperidine rings is 1. The van der Waals surface area contributed by atoms with Crippen LogP contribution >= 0.6 is 0 Å². The van der Waals surface area contributed by atoms with Crippen molar-refractivity contribution in [2.24, 2.45) is 0 Å². The Morgan fingerprint density at radius 2 is 2.10 bits per heavy atom. The second-order valence-electron chi connectivity index (χ2n) is 5.40. The summed E-state index contributed by atoms with van der Waals surface area (Å²) >= 11 is 0. The van der Waals surface area contributed by atoms with Crippen LogP contribution in [0.2, 0.25) is 0 Å². The SMILES string of the molecule is Cc1cc(NS(=O)(=O)N2CCCCC2C)ccc1C(=O)O. The molecule has 0 spiro atoms. The van der Waals surface area contributed by atoms with E-state index in [2.05, 4.69) is 4.72 Å². The number of rotatable bonds is 4. The quantitative estimate of drug-likeness (QED) is 0.892. The second-order valence-corrected chi connectivity index (χ2v) is 7.02. The lowest BCUT2D eigenvalue weighted by atomic mass is 10.1. The van der Waals surface area contributed by atoms with Crippen molar-refractivity contribution in [1.82, 2.24) is 4.31 Å². The number of nitrogens with zero attached hydrogens (tertiary/aromatic N) is 1. The molecule has 1 saturated heterocycles. The van der Waals surface area contributed by atoms with Crippen LogP contribution in [0, 0.1) is 6.92 Å². The molecule has 1 aliphatic rings. The fourth-order valence-corrected chi connectivity index (χ4v) is 4.09. The minimum atomic E-state index is -3.60. The fraction of sp³-hybridized carbons (Fsp3) is 0.500. The van der Waals surface area contributed by atoms with Gasteiger partial charge in [0.05, 0.1) is 11.3 Å². The first-order valence-electron chi connectivity index (χ1n) is 6.95. The molecule has 7 heteroatoms. The monoisotopic (exact) mass is 312 g/mol. The van der Waals surface area contributed by atoms with Crippen LogP contribution in [0.4, 0.5) is 5.69 Å². The van der Waals surface area contributed by atoms with Crippen molar-refractivity contribution in [1.29, 1.82) is 0 Å². The Balaban J connectivity index is 2.20. The van der Waals surface area contributed by atoms with Gasteiger partial charge in [-0.05, 0) is 50.5 Å². The number of aromatic carboxylic acids is 1. The van der Waals surface area contributed by atoms with Gasteiger partial charge >= 0.3 is 16.2 Å². The maximum Gasteiger partial charge on any atom is 0.335 e. The Morgan fingerprint density at radius 3 is 2.67 bits per heavy atom. The van der Waals surface area contributed by atoms with Crippen molar-refractivity contribution in [3.8, 4) is 0 Å². The second kappa shape index (κ2) is 6.03. The topological polar surface area (TPSA) is 86.7 Å². The largest absolute Gasteiger partial charge is 0.478 e. The van der Waals surface area contributed by atoms with Gasteiger partial charge in [0.2, 0.25) is 0 Å². The summed E-state index contributed by atoms with van der Waals surface area (Å²) in [5.74, 6) is -1.02. The summed E-state index contributed by atoms with van der Waals surface area (Å²) in [4.78, 5) is 11.0. The van der Waals surface area contributed by atoms with Gasteiger partial charge in [0.1, 0.15) is 0 Å². The number of carboxylic acid groups (broad SMARTS) is 1. The average molecular weight is 312 g/mol. The van der Waals surface area contributed by atoms with Crippen LogP contribution in [-0.2, 0) is 10.2 Å². The summed E-state index contributed by atoms with van der Waals surface area (Å²) < 4.78 is 28.8. The maximum absolute atomic E-state index is 12.4. The molecule has 0 bridgehead atoms. The predicted molar refractivity (Wildman–Crippen MR) is 80.7 cm³/mol.